The molecule has 4 nitrogen and oxygen atoms in total. The summed E-state index contributed by atoms with van der Waals surface area (Å²) in [4.78, 5) is 0. The zero-order valence-corrected chi connectivity index (χ0v) is 8.57. The number of rotatable bonds is 4. The molecular weight excluding hydrogens is 178 g/mol. The quantitative estimate of drug-likeness (QED) is 0.789. The van der Waals surface area contributed by atoms with Gasteiger partial charge in [0.15, 0.2) is 0 Å². The molecule has 0 unspecified atom stereocenters. The summed E-state index contributed by atoms with van der Waals surface area (Å²) in [6, 6.07) is 2.00. The van der Waals surface area contributed by atoms with Crippen LogP contribution in [0.15, 0.2) is 6.07 Å². The first-order chi connectivity index (χ1) is 6.81. The van der Waals surface area contributed by atoms with E-state index >= 15 is 0 Å². The molecule has 1 heterocycles. The number of nitrogens with zero attached hydrogens (tertiary/aromatic N) is 2. The Labute approximate surface area is 84.0 Å². The van der Waals surface area contributed by atoms with Crippen LogP contribution in [0.3, 0.4) is 0 Å². The van der Waals surface area contributed by atoms with Crippen LogP contribution in [-0.4, -0.2) is 23.5 Å². The van der Waals surface area contributed by atoms with Gasteiger partial charge in [0.25, 0.3) is 0 Å². The van der Waals surface area contributed by atoms with Crippen LogP contribution in [0.25, 0.3) is 0 Å². The predicted molar refractivity (Wildman–Crippen MR) is 55.1 cm³/mol. The van der Waals surface area contributed by atoms with Crippen LogP contribution in [-0.2, 0) is 11.3 Å². The second-order valence-electron chi connectivity index (χ2n) is 3.84. The largest absolute Gasteiger partial charge is 0.384 e. The van der Waals surface area contributed by atoms with Gasteiger partial charge < -0.3 is 10.5 Å². The molecule has 0 aromatic carbocycles. The lowest BCUT2D eigenvalue weighted by atomic mass is 9.83. The fraction of sp³-hybridized carbons (Fsp3) is 0.700. The molecule has 1 aliphatic carbocycles. The van der Waals surface area contributed by atoms with Crippen LogP contribution < -0.4 is 5.73 Å². The minimum atomic E-state index is 0.654. The number of hydrogen-bond donors (Lipinski definition) is 1. The predicted octanol–water partition coefficient (Wildman–Crippen LogP) is 1.38. The van der Waals surface area contributed by atoms with Gasteiger partial charge in [-0.3, -0.25) is 0 Å². The molecule has 1 fully saturated rings. The van der Waals surface area contributed by atoms with E-state index in [4.69, 9.17) is 10.5 Å². The van der Waals surface area contributed by atoms with E-state index in [0.29, 0.717) is 12.5 Å². The van der Waals surface area contributed by atoms with Gasteiger partial charge in [0.1, 0.15) is 5.82 Å². The molecule has 0 atom stereocenters. The molecule has 2 rings (SSSR count). The highest BCUT2D eigenvalue weighted by Gasteiger charge is 2.22. The maximum atomic E-state index is 5.84. The minimum Gasteiger partial charge on any atom is -0.384 e. The smallest absolute Gasteiger partial charge is 0.122 e. The molecule has 1 aromatic rings. The number of anilines is 1. The maximum absolute atomic E-state index is 5.84. The van der Waals surface area contributed by atoms with E-state index in [1.165, 1.54) is 19.3 Å². The third-order valence-electron chi connectivity index (χ3n) is 2.86. The monoisotopic (exact) mass is 195 g/mol. The van der Waals surface area contributed by atoms with E-state index in [9.17, 15) is 0 Å². The highest BCUT2D eigenvalue weighted by molar-refractivity contribution is 5.32. The van der Waals surface area contributed by atoms with Crippen molar-refractivity contribution in [1.82, 2.24) is 9.78 Å². The molecule has 2 N–H and O–H groups in total. The fourth-order valence-electron chi connectivity index (χ4n) is 1.71. The number of methoxy groups -OCH3 is 1. The molecule has 0 saturated heterocycles. The SMILES string of the molecule is COCCn1nc(C2CCC2)cc1N. The van der Waals surface area contributed by atoms with Crippen molar-refractivity contribution in [2.45, 2.75) is 31.7 Å². The second kappa shape index (κ2) is 4.00. The Morgan fingerprint density at radius 2 is 2.43 bits per heavy atom. The van der Waals surface area contributed by atoms with Crippen LogP contribution in [0.1, 0.15) is 30.9 Å². The van der Waals surface area contributed by atoms with E-state index in [1.54, 1.807) is 7.11 Å². The van der Waals surface area contributed by atoms with Crippen molar-refractivity contribution in [2.75, 3.05) is 19.5 Å². The van der Waals surface area contributed by atoms with Gasteiger partial charge in [-0.15, -0.1) is 0 Å². The molecular formula is C10H17N3O. The van der Waals surface area contributed by atoms with Gasteiger partial charge in [0.05, 0.1) is 18.8 Å². The topological polar surface area (TPSA) is 53.1 Å². The summed E-state index contributed by atoms with van der Waals surface area (Å²) in [5, 5.41) is 4.48. The number of nitrogen functional groups attached to an aromatic ring is 1. The Morgan fingerprint density at radius 1 is 1.64 bits per heavy atom. The fourth-order valence-corrected chi connectivity index (χ4v) is 1.71. The third kappa shape index (κ3) is 1.75. The molecule has 0 aliphatic heterocycles. The summed E-state index contributed by atoms with van der Waals surface area (Å²) in [5.41, 5.74) is 7.00. The Bertz CT molecular complexity index is 304. The number of hydrogen-bond acceptors (Lipinski definition) is 3. The summed E-state index contributed by atoms with van der Waals surface area (Å²) < 4.78 is 6.82. The van der Waals surface area contributed by atoms with Crippen molar-refractivity contribution in [3.05, 3.63) is 11.8 Å². The summed E-state index contributed by atoms with van der Waals surface area (Å²) in [6.45, 7) is 1.41. The average molecular weight is 195 g/mol. The van der Waals surface area contributed by atoms with Crippen molar-refractivity contribution >= 4 is 5.82 Å². The Hall–Kier alpha value is -1.03. The van der Waals surface area contributed by atoms with Crippen LogP contribution in [0.2, 0.25) is 0 Å². The summed E-state index contributed by atoms with van der Waals surface area (Å²) in [6.07, 6.45) is 3.86. The lowest BCUT2D eigenvalue weighted by Crippen LogP contribution is -2.12. The molecule has 0 amide bonds. The molecule has 4 heteroatoms. The lowest BCUT2D eigenvalue weighted by Gasteiger charge is -2.22. The summed E-state index contributed by atoms with van der Waals surface area (Å²) in [5.74, 6) is 1.41. The zero-order valence-electron chi connectivity index (χ0n) is 8.57. The minimum absolute atomic E-state index is 0.654. The molecule has 1 saturated carbocycles. The van der Waals surface area contributed by atoms with Crippen molar-refractivity contribution in [3.63, 3.8) is 0 Å². The number of aromatic nitrogens is 2. The molecule has 0 radical (unpaired) electrons. The molecule has 0 spiro atoms. The molecule has 1 aromatic heterocycles. The second-order valence-corrected chi connectivity index (χ2v) is 3.84. The normalized spacial score (nSPS) is 16.9. The molecule has 1 aliphatic rings. The van der Waals surface area contributed by atoms with E-state index in [1.807, 2.05) is 10.7 Å². The van der Waals surface area contributed by atoms with Gasteiger partial charge in [-0.25, -0.2) is 4.68 Å². The van der Waals surface area contributed by atoms with Crippen molar-refractivity contribution < 1.29 is 4.74 Å². The average Bonchev–Trinajstić information content (AvgIpc) is 2.40. The third-order valence-corrected chi connectivity index (χ3v) is 2.86. The van der Waals surface area contributed by atoms with Crippen molar-refractivity contribution in [1.29, 1.82) is 0 Å². The number of nitrogens with two attached hydrogens (primary N) is 1. The number of ether oxygens (including phenoxy) is 1. The first-order valence-corrected chi connectivity index (χ1v) is 5.13. The summed E-state index contributed by atoms with van der Waals surface area (Å²) >= 11 is 0. The van der Waals surface area contributed by atoms with E-state index in [0.717, 1.165) is 18.1 Å². The van der Waals surface area contributed by atoms with Crippen LogP contribution in [0.5, 0.6) is 0 Å². The molecule has 14 heavy (non-hydrogen) atoms. The van der Waals surface area contributed by atoms with Gasteiger partial charge in [-0.2, -0.15) is 5.10 Å². The van der Waals surface area contributed by atoms with Gasteiger partial charge in [0.2, 0.25) is 0 Å². The van der Waals surface area contributed by atoms with E-state index in [2.05, 4.69) is 5.10 Å². The van der Waals surface area contributed by atoms with E-state index in [-0.39, 0.29) is 0 Å². The Morgan fingerprint density at radius 3 is 3.00 bits per heavy atom. The maximum Gasteiger partial charge on any atom is 0.122 e. The van der Waals surface area contributed by atoms with Crippen molar-refractivity contribution in [3.8, 4) is 0 Å². The Kier molecular flexibility index (Phi) is 2.72. The highest BCUT2D eigenvalue weighted by Crippen LogP contribution is 2.35. The standard InChI is InChI=1S/C10H17N3O/c1-14-6-5-13-10(11)7-9(12-13)8-3-2-4-8/h7-8H,2-6,11H2,1H3. The van der Waals surface area contributed by atoms with Gasteiger partial charge in [0, 0.05) is 19.1 Å². The van der Waals surface area contributed by atoms with E-state index < -0.39 is 0 Å². The zero-order chi connectivity index (χ0) is 9.97. The van der Waals surface area contributed by atoms with Crippen LogP contribution >= 0.6 is 0 Å². The van der Waals surface area contributed by atoms with Gasteiger partial charge >= 0.3 is 0 Å². The molecule has 0 bridgehead atoms. The first-order valence-electron chi connectivity index (χ1n) is 5.13. The van der Waals surface area contributed by atoms with Gasteiger partial charge in [-0.05, 0) is 12.8 Å². The Balaban J connectivity index is 2.04. The van der Waals surface area contributed by atoms with Crippen molar-refractivity contribution in [2.24, 2.45) is 0 Å². The van der Waals surface area contributed by atoms with Crippen LogP contribution in [0.4, 0.5) is 5.82 Å². The summed E-state index contributed by atoms with van der Waals surface area (Å²) in [7, 11) is 1.69. The van der Waals surface area contributed by atoms with Crippen LogP contribution in [0, 0.1) is 0 Å². The molecule has 78 valence electrons. The first kappa shape index (κ1) is 9.52. The lowest BCUT2D eigenvalue weighted by molar-refractivity contribution is 0.184. The van der Waals surface area contributed by atoms with Gasteiger partial charge in [-0.1, -0.05) is 6.42 Å². The highest BCUT2D eigenvalue weighted by atomic mass is 16.5.